The summed E-state index contributed by atoms with van der Waals surface area (Å²) in [4.78, 5) is 0. The number of rotatable bonds is 0. The molecule has 0 aromatic heterocycles. The van der Waals surface area contributed by atoms with Gasteiger partial charge in [0.25, 0.3) is 0 Å². The van der Waals surface area contributed by atoms with Gasteiger partial charge < -0.3 is 10.2 Å². The monoisotopic (exact) mass is 66.1 g/mol. The maximum absolute atomic E-state index is 8.01. The minimum Gasteiger partial charge on any atom is -0.368 e. The van der Waals surface area contributed by atoms with Crippen LogP contribution in [-0.2, 0) is 0 Å². The molecule has 0 heterocycles. The first-order chi connectivity index (χ1) is 3.25. The van der Waals surface area contributed by atoms with E-state index in [1.807, 2.05) is 0 Å². The first-order valence-electron chi connectivity index (χ1n) is 2.70. The second kappa shape index (κ2) is 1.26. The summed E-state index contributed by atoms with van der Waals surface area (Å²) in [6, 6.07) is 0. The molecule has 0 unspecified atom stereocenters. The van der Waals surface area contributed by atoms with Crippen LogP contribution in [0.2, 0.25) is 0 Å². The van der Waals surface area contributed by atoms with Gasteiger partial charge in [0.2, 0.25) is 0 Å². The minimum absolute atomic E-state index is 3.03. The van der Waals surface area contributed by atoms with E-state index in [2.05, 4.69) is 0 Å². The zero-order valence-electron chi connectivity index (χ0n) is 5.89. The molecule has 0 spiro atoms. The van der Waals surface area contributed by atoms with Crippen molar-refractivity contribution in [3.05, 3.63) is 0 Å². The van der Waals surface area contributed by atoms with Crippen molar-refractivity contribution in [1.82, 2.24) is 0 Å². The Hall–Kier alpha value is -0.0800. The Morgan fingerprint density at radius 1 is 2.25 bits per heavy atom. The SMILES string of the molecule is [2H]C([2H])([2H])C([2H])(O)O. The van der Waals surface area contributed by atoms with E-state index in [1.165, 1.54) is 0 Å². The number of hydrogen-bond acceptors (Lipinski definition) is 2. The van der Waals surface area contributed by atoms with E-state index in [4.69, 9.17) is 15.7 Å². The predicted molar refractivity (Wildman–Crippen MR) is 13.9 cm³/mol. The van der Waals surface area contributed by atoms with Gasteiger partial charge in [-0.15, -0.1) is 0 Å². The van der Waals surface area contributed by atoms with Crippen molar-refractivity contribution >= 4 is 0 Å². The van der Waals surface area contributed by atoms with Crippen molar-refractivity contribution in [3.8, 4) is 0 Å². The Bertz CT molecular complexity index is 67.0. The summed E-state index contributed by atoms with van der Waals surface area (Å²) in [5.41, 5.74) is 0. The molecular weight excluding hydrogens is 56.0 g/mol. The molecule has 0 aliphatic heterocycles. The third-order valence-electron chi connectivity index (χ3n) is 0. The van der Waals surface area contributed by atoms with Gasteiger partial charge in [-0.2, -0.15) is 0 Å². The van der Waals surface area contributed by atoms with Crippen LogP contribution in [0.1, 0.15) is 12.3 Å². The van der Waals surface area contributed by atoms with Gasteiger partial charge in [-0.3, -0.25) is 0 Å². The van der Waals surface area contributed by atoms with Crippen molar-refractivity contribution in [3.63, 3.8) is 0 Å². The number of hydrogen-bond donors (Lipinski definition) is 2. The number of aliphatic hydroxyl groups is 2. The van der Waals surface area contributed by atoms with E-state index in [9.17, 15) is 0 Å². The first kappa shape index (κ1) is 0.698. The Balaban J connectivity index is 4.02. The van der Waals surface area contributed by atoms with E-state index in [-0.39, 0.29) is 0 Å². The highest BCUT2D eigenvalue weighted by molar-refractivity contribution is 4.02. The lowest BCUT2D eigenvalue weighted by Crippen LogP contribution is -1.92. The molecule has 0 aromatic rings. The summed E-state index contributed by atoms with van der Waals surface area (Å²) in [7, 11) is 0. The zero-order chi connectivity index (χ0) is 7.00. The van der Waals surface area contributed by atoms with Crippen LogP contribution in [0.25, 0.3) is 0 Å². The van der Waals surface area contributed by atoms with Gasteiger partial charge in [-0.25, -0.2) is 0 Å². The molecule has 2 heteroatoms. The van der Waals surface area contributed by atoms with Gasteiger partial charge >= 0.3 is 0 Å². The molecule has 4 heavy (non-hydrogen) atoms. The van der Waals surface area contributed by atoms with Crippen LogP contribution >= 0.6 is 0 Å². The van der Waals surface area contributed by atoms with Crippen molar-refractivity contribution in [2.45, 2.75) is 13.1 Å². The summed E-state index contributed by atoms with van der Waals surface area (Å²) >= 11 is 0. The standard InChI is InChI=1S/C2H6O2/c1-2(3)4/h2-4H,1H3/i1D3,2D. The third kappa shape index (κ3) is 254. The minimum atomic E-state index is -3.31. The molecular formula is C2H6O2. The highest BCUT2D eigenvalue weighted by atomic mass is 16.5. The molecule has 0 saturated heterocycles. The summed E-state index contributed by atoms with van der Waals surface area (Å²) in [5, 5.41) is 16.0. The average Bonchev–Trinajstić information content (AvgIpc) is 1.25. The maximum Gasteiger partial charge on any atom is 0.148 e. The largest absolute Gasteiger partial charge is 0.368 e. The molecule has 0 amide bonds. The fourth-order valence-electron chi connectivity index (χ4n) is 0. The van der Waals surface area contributed by atoms with Crippen LogP contribution in [0.4, 0.5) is 0 Å². The second-order valence-corrected chi connectivity index (χ2v) is 0.324. The van der Waals surface area contributed by atoms with Crippen molar-refractivity contribution in [2.75, 3.05) is 0 Å². The summed E-state index contributed by atoms with van der Waals surface area (Å²) < 4.78 is 24.8. The average molecular weight is 66.1 g/mol. The Labute approximate surface area is 30.3 Å². The lowest BCUT2D eigenvalue weighted by atomic mass is 10.8. The molecule has 0 bridgehead atoms. The van der Waals surface area contributed by atoms with E-state index in [1.54, 1.807) is 0 Å². The van der Waals surface area contributed by atoms with Gasteiger partial charge in [-0.05, 0) is 6.85 Å². The second-order valence-electron chi connectivity index (χ2n) is 0.324. The lowest BCUT2D eigenvalue weighted by Gasteiger charge is -1.80. The van der Waals surface area contributed by atoms with Gasteiger partial charge in [0, 0.05) is 4.11 Å². The van der Waals surface area contributed by atoms with Crippen LogP contribution in [0.15, 0.2) is 0 Å². The van der Waals surface area contributed by atoms with Gasteiger partial charge in [0.05, 0.1) is 1.37 Å². The molecule has 2 nitrogen and oxygen atoms in total. The van der Waals surface area contributed by atoms with Crippen LogP contribution in [-0.4, -0.2) is 16.5 Å². The first-order valence-corrected chi connectivity index (χ1v) is 0.697. The van der Waals surface area contributed by atoms with Crippen LogP contribution in [0.5, 0.6) is 0 Å². The Kier molecular flexibility index (Phi) is 0.220. The topological polar surface area (TPSA) is 40.5 Å². The highest BCUT2D eigenvalue weighted by Crippen LogP contribution is 1.57. The van der Waals surface area contributed by atoms with Gasteiger partial charge in [0.15, 0.2) is 0 Å². The molecule has 0 saturated carbocycles. The van der Waals surface area contributed by atoms with E-state index in [0.29, 0.717) is 0 Å². The Morgan fingerprint density at radius 2 is 2.50 bits per heavy atom. The highest BCUT2D eigenvalue weighted by Gasteiger charge is 1.70. The molecule has 0 rings (SSSR count). The zero-order valence-corrected chi connectivity index (χ0v) is 1.89. The van der Waals surface area contributed by atoms with Gasteiger partial charge in [0.1, 0.15) is 6.27 Å². The van der Waals surface area contributed by atoms with Crippen LogP contribution in [0.3, 0.4) is 0 Å². The smallest absolute Gasteiger partial charge is 0.148 e. The molecule has 0 aromatic carbocycles. The quantitative estimate of drug-likeness (QED) is 0.368. The normalized spacial score (nSPS) is 29.5. The van der Waals surface area contributed by atoms with E-state index >= 15 is 0 Å². The van der Waals surface area contributed by atoms with E-state index < -0.39 is 13.1 Å². The fourth-order valence-corrected chi connectivity index (χ4v) is 0. The van der Waals surface area contributed by atoms with Crippen molar-refractivity contribution in [1.29, 1.82) is 0 Å². The molecule has 0 atom stereocenters. The Morgan fingerprint density at radius 3 is 2.50 bits per heavy atom. The molecule has 0 aliphatic carbocycles. The van der Waals surface area contributed by atoms with E-state index in [0.717, 1.165) is 0 Å². The molecule has 0 radical (unpaired) electrons. The van der Waals surface area contributed by atoms with Crippen LogP contribution < -0.4 is 0 Å². The third-order valence-corrected chi connectivity index (χ3v) is 0. The molecule has 26 valence electrons. The summed E-state index contributed by atoms with van der Waals surface area (Å²) in [6.07, 6.45) is -3.31. The summed E-state index contributed by atoms with van der Waals surface area (Å²) in [5.74, 6) is 0. The molecule has 0 aliphatic rings. The van der Waals surface area contributed by atoms with Crippen molar-refractivity contribution in [2.24, 2.45) is 0 Å². The van der Waals surface area contributed by atoms with Gasteiger partial charge in [-0.1, -0.05) is 0 Å². The fraction of sp³-hybridized carbons (Fsp3) is 1.00. The predicted octanol–water partition coefficient (Wildman–Crippen LogP) is -0.683. The lowest BCUT2D eigenvalue weighted by molar-refractivity contribution is -0.0228. The molecule has 2 N–H and O–H groups in total. The maximum atomic E-state index is 8.01. The molecule has 0 fully saturated rings. The van der Waals surface area contributed by atoms with Crippen molar-refractivity contribution < 1.29 is 15.7 Å². The summed E-state index contributed by atoms with van der Waals surface area (Å²) in [6.45, 7) is -3.03. The van der Waals surface area contributed by atoms with Crippen LogP contribution in [0, 0.1) is 0 Å².